The summed E-state index contributed by atoms with van der Waals surface area (Å²) < 4.78 is 5.49. The first kappa shape index (κ1) is 28.0. The number of hydrogen-bond acceptors (Lipinski definition) is 0. The first-order chi connectivity index (χ1) is 24.8. The zero-order chi connectivity index (χ0) is 32.8. The van der Waals surface area contributed by atoms with Crippen LogP contribution in [0, 0.1) is 0 Å². The van der Waals surface area contributed by atoms with Crippen molar-refractivity contribution in [3.05, 3.63) is 176 Å². The normalized spacial score (nSPS) is 12.0. The van der Waals surface area contributed by atoms with E-state index in [0.717, 1.165) is 0 Å². The van der Waals surface area contributed by atoms with Gasteiger partial charge in [-0.2, -0.15) is 0 Å². The number of benzene rings is 8. The molecule has 0 aliphatic rings. The number of rotatable bonds is 2. The molecule has 11 rings (SSSR count). The third-order valence-electron chi connectivity index (χ3n) is 10.6. The molecular weight excluding hydrogens is 669 g/mol. The van der Waals surface area contributed by atoms with E-state index < -0.39 is 0 Å². The molecule has 50 heavy (non-hydrogen) atoms. The molecule has 0 unspecified atom stereocenters. The van der Waals surface area contributed by atoms with Crippen molar-refractivity contribution in [3.63, 3.8) is 0 Å². The van der Waals surface area contributed by atoms with Gasteiger partial charge in [-0.05, 0) is 16.2 Å². The van der Waals surface area contributed by atoms with Gasteiger partial charge in [0.2, 0.25) is 0 Å². The van der Waals surface area contributed by atoms with E-state index in [2.05, 4.69) is 180 Å². The van der Waals surface area contributed by atoms with E-state index in [-0.39, 0.29) is 0 Å². The molecule has 0 atom stereocenters. The molecule has 2 heteroatoms. The van der Waals surface area contributed by atoms with Crippen LogP contribution in [-0.2, 0) is 0 Å². The summed E-state index contributed by atoms with van der Waals surface area (Å²) in [6.07, 6.45) is 0. The Bertz CT molecular complexity index is 3210. The number of nitrogens with zero attached hydrogens (tertiary/aromatic N) is 1. The van der Waals surface area contributed by atoms with Gasteiger partial charge in [-0.3, -0.25) is 0 Å². The molecule has 0 spiro atoms. The van der Waals surface area contributed by atoms with E-state index >= 15 is 0 Å². The van der Waals surface area contributed by atoms with Crippen LogP contribution in [0.2, 0.25) is 0 Å². The molecule has 0 aliphatic heterocycles. The summed E-state index contributed by atoms with van der Waals surface area (Å²) >= 11 is 0.301. The van der Waals surface area contributed by atoms with Gasteiger partial charge in [-0.1, -0.05) is 66.7 Å². The molecule has 0 saturated carbocycles. The van der Waals surface area contributed by atoms with E-state index in [1.54, 1.807) is 0 Å². The molecule has 3 aromatic heterocycles. The van der Waals surface area contributed by atoms with Gasteiger partial charge < -0.3 is 0 Å². The summed E-state index contributed by atoms with van der Waals surface area (Å²) in [7, 11) is 0. The first-order valence-electron chi connectivity index (χ1n) is 17.2. The van der Waals surface area contributed by atoms with E-state index in [1.807, 2.05) is 0 Å². The Hall–Kier alpha value is -5.92. The predicted molar refractivity (Wildman–Crippen MR) is 217 cm³/mol. The molecule has 0 aliphatic carbocycles. The fraction of sp³-hybridized carbons (Fsp3) is 0. The van der Waals surface area contributed by atoms with Gasteiger partial charge in [0.1, 0.15) is 0 Å². The van der Waals surface area contributed by atoms with Gasteiger partial charge >= 0.3 is 213 Å². The third-order valence-corrected chi connectivity index (χ3v) is 13.1. The van der Waals surface area contributed by atoms with Gasteiger partial charge in [0.05, 0.1) is 0 Å². The summed E-state index contributed by atoms with van der Waals surface area (Å²) in [6, 6.07) is 65.5. The average molecular weight is 699 g/mol. The van der Waals surface area contributed by atoms with Crippen LogP contribution in [0.4, 0.5) is 0 Å². The van der Waals surface area contributed by atoms with E-state index in [9.17, 15) is 0 Å². The van der Waals surface area contributed by atoms with Crippen LogP contribution in [0.15, 0.2) is 176 Å². The van der Waals surface area contributed by atoms with Crippen molar-refractivity contribution in [3.8, 4) is 22.3 Å². The second-order valence-electron chi connectivity index (χ2n) is 13.2. The Morgan fingerprint density at radius 3 is 1.64 bits per heavy atom. The Balaban J connectivity index is 1.22. The van der Waals surface area contributed by atoms with Crippen LogP contribution in [-0.4, -0.2) is 18.9 Å². The Labute approximate surface area is 294 Å². The molecule has 0 saturated heterocycles. The van der Waals surface area contributed by atoms with Crippen molar-refractivity contribution < 1.29 is 0 Å². The van der Waals surface area contributed by atoms with Crippen LogP contribution in [0.1, 0.15) is 0 Å². The monoisotopic (exact) mass is 699 g/mol. The van der Waals surface area contributed by atoms with Crippen molar-refractivity contribution >= 4 is 93.4 Å². The molecule has 0 N–H and O–H groups in total. The second kappa shape index (κ2) is 10.8. The zero-order valence-corrected chi connectivity index (χ0v) is 28.8. The van der Waals surface area contributed by atoms with Crippen molar-refractivity contribution in [2.75, 3.05) is 0 Å². The SMILES string of the molecule is c1cc(-c2ccc3c(c2)c2cccc4c5ccccc5c5ccccc5c5ccccc5n3c42)cc(-c2cccc3c2[se]c2ccccc23)c1. The number of fused-ring (bicyclic) bond motifs is 13. The fourth-order valence-electron chi connectivity index (χ4n) is 8.36. The maximum absolute atomic E-state index is 2.52. The van der Waals surface area contributed by atoms with Crippen molar-refractivity contribution in [2.24, 2.45) is 0 Å². The zero-order valence-electron chi connectivity index (χ0n) is 27.1. The van der Waals surface area contributed by atoms with E-state index in [0.29, 0.717) is 14.5 Å². The van der Waals surface area contributed by atoms with Crippen molar-refractivity contribution in [1.29, 1.82) is 0 Å². The summed E-state index contributed by atoms with van der Waals surface area (Å²) in [5.41, 5.74) is 8.79. The molecule has 0 amide bonds. The predicted octanol–water partition coefficient (Wildman–Crippen LogP) is 13.0. The van der Waals surface area contributed by atoms with E-state index in [1.165, 1.54) is 101 Å². The fourth-order valence-corrected chi connectivity index (χ4v) is 11.0. The van der Waals surface area contributed by atoms with E-state index in [4.69, 9.17) is 0 Å². The molecule has 0 fully saturated rings. The van der Waals surface area contributed by atoms with Crippen LogP contribution in [0.3, 0.4) is 0 Å². The van der Waals surface area contributed by atoms with Gasteiger partial charge in [-0.15, -0.1) is 0 Å². The Kier molecular flexibility index (Phi) is 6.04. The average Bonchev–Trinajstić information content (AvgIpc) is 3.74. The summed E-state index contributed by atoms with van der Waals surface area (Å²) in [5.74, 6) is 0. The number of hydrogen-bond donors (Lipinski definition) is 0. The van der Waals surface area contributed by atoms with Crippen LogP contribution in [0.25, 0.3) is 101 Å². The molecular formula is C48H29NSe. The molecule has 0 bridgehead atoms. The number of aromatic nitrogens is 1. The second-order valence-corrected chi connectivity index (χ2v) is 15.4. The number of para-hydroxylation sites is 2. The molecule has 232 valence electrons. The van der Waals surface area contributed by atoms with Crippen LogP contribution >= 0.6 is 0 Å². The Morgan fingerprint density at radius 2 is 0.840 bits per heavy atom. The Morgan fingerprint density at radius 1 is 0.320 bits per heavy atom. The van der Waals surface area contributed by atoms with Crippen molar-refractivity contribution in [1.82, 2.24) is 4.40 Å². The molecule has 8 aromatic carbocycles. The molecule has 3 heterocycles. The van der Waals surface area contributed by atoms with Gasteiger partial charge in [-0.25, -0.2) is 0 Å². The summed E-state index contributed by atoms with van der Waals surface area (Å²) in [6.45, 7) is 0. The quantitative estimate of drug-likeness (QED) is 0.158. The summed E-state index contributed by atoms with van der Waals surface area (Å²) in [5, 5.41) is 12.9. The topological polar surface area (TPSA) is 4.41 Å². The van der Waals surface area contributed by atoms with Gasteiger partial charge in [0.25, 0.3) is 0 Å². The summed E-state index contributed by atoms with van der Waals surface area (Å²) in [4.78, 5) is 0. The molecule has 11 aromatic rings. The third kappa shape index (κ3) is 4.01. The van der Waals surface area contributed by atoms with Gasteiger partial charge in [0, 0.05) is 0 Å². The van der Waals surface area contributed by atoms with Crippen LogP contribution in [0.5, 0.6) is 0 Å². The van der Waals surface area contributed by atoms with Gasteiger partial charge in [0.15, 0.2) is 0 Å². The maximum atomic E-state index is 2.52. The van der Waals surface area contributed by atoms with Crippen LogP contribution < -0.4 is 0 Å². The minimum absolute atomic E-state index is 0.301. The standard InChI is InChI=1S/C48H29NSe/c1-3-16-36-34(14-1)35-15-2-4-17-37(35)40-21-11-22-41-43-29-31(26-27-45(43)49(47(40)41)44-24-7-5-18-38(36)44)30-12-9-13-32(28-30)33-20-10-23-42-39-19-6-8-25-46(39)50-48(33)42/h1-29H. The van der Waals surface area contributed by atoms with Crippen molar-refractivity contribution in [2.45, 2.75) is 0 Å². The minimum atomic E-state index is 0.301. The molecule has 1 nitrogen and oxygen atoms in total. The molecule has 0 radical (unpaired) electrons. The first-order valence-corrected chi connectivity index (χ1v) is 18.9.